The van der Waals surface area contributed by atoms with E-state index in [2.05, 4.69) is 45.6 Å². The van der Waals surface area contributed by atoms with Gasteiger partial charge in [-0.05, 0) is 48.4 Å². The van der Waals surface area contributed by atoms with Gasteiger partial charge in [0.15, 0.2) is 0 Å². The second-order valence-electron chi connectivity index (χ2n) is 7.84. The van der Waals surface area contributed by atoms with Crippen LogP contribution in [0, 0.1) is 5.92 Å². The van der Waals surface area contributed by atoms with Crippen molar-refractivity contribution >= 4 is 23.0 Å². The van der Waals surface area contributed by atoms with Gasteiger partial charge in [0.2, 0.25) is 0 Å². The number of likely N-dealkylation sites (tertiary alicyclic amines) is 1. The number of aromatic amines is 1. The number of aromatic nitrogens is 2. The number of alkyl halides is 3. The van der Waals surface area contributed by atoms with Crippen LogP contribution in [-0.4, -0.2) is 51.2 Å². The first-order valence-corrected chi connectivity index (χ1v) is 10.5. The molecule has 1 saturated heterocycles. The fourth-order valence-corrected chi connectivity index (χ4v) is 3.67. The Balaban J connectivity index is 0.000000383. The lowest BCUT2D eigenvalue weighted by molar-refractivity contribution is -0.192. The maximum Gasteiger partial charge on any atom is 0.490 e. The van der Waals surface area contributed by atoms with E-state index in [4.69, 9.17) is 9.90 Å². The summed E-state index contributed by atoms with van der Waals surface area (Å²) in [7, 11) is 0. The number of rotatable bonds is 4. The molecule has 176 valence electrons. The zero-order valence-electron chi connectivity index (χ0n) is 17.8. The number of fused-ring (bicyclic) bond motifs is 1. The highest BCUT2D eigenvalue weighted by atomic mass is 19.4. The van der Waals surface area contributed by atoms with Gasteiger partial charge in [-0.25, -0.2) is 14.6 Å². The molecule has 0 bridgehead atoms. The number of nitrogens with one attached hydrogen (secondary N) is 2. The average Bonchev–Trinajstić information content (AvgIpc) is 3.26. The van der Waals surface area contributed by atoms with Crippen LogP contribution in [0.25, 0.3) is 11.0 Å². The minimum Gasteiger partial charge on any atom is -0.475 e. The predicted octanol–water partition coefficient (Wildman–Crippen LogP) is 4.36. The normalized spacial score (nSPS) is 14.5. The van der Waals surface area contributed by atoms with Gasteiger partial charge < -0.3 is 20.3 Å². The first kappa shape index (κ1) is 24.1. The molecule has 0 unspecified atom stereocenters. The molecule has 7 nitrogen and oxygen atoms in total. The lowest BCUT2D eigenvalue weighted by atomic mass is 9.90. The number of carbonyl (C=O) groups is 2. The molecule has 2 aromatic carbocycles. The molecular formula is C23H25F3N4O3. The second kappa shape index (κ2) is 10.8. The first-order chi connectivity index (χ1) is 15.7. The van der Waals surface area contributed by atoms with E-state index in [1.807, 2.05) is 23.1 Å². The van der Waals surface area contributed by atoms with Crippen LogP contribution in [0.3, 0.4) is 0 Å². The number of benzene rings is 2. The van der Waals surface area contributed by atoms with Crippen molar-refractivity contribution in [2.75, 3.05) is 13.1 Å². The molecule has 3 N–H and O–H groups in total. The van der Waals surface area contributed by atoms with Crippen LogP contribution in [0.15, 0.2) is 54.9 Å². The highest BCUT2D eigenvalue weighted by Gasteiger charge is 2.38. The standard InChI is InChI=1S/C21H24N4O.C2HF3O2/c26-21(22-14-18-6-7-19-20(13-18)24-15-23-19)25-10-8-17(9-11-25)12-16-4-2-1-3-5-16;3-2(4,5)1(6)7/h1-7,13,15,17H,8-12,14H2,(H,22,26)(H,23,24);(H,6,7). The van der Waals surface area contributed by atoms with Crippen molar-refractivity contribution in [3.05, 3.63) is 66.0 Å². The van der Waals surface area contributed by atoms with Gasteiger partial charge >= 0.3 is 18.2 Å². The Morgan fingerprint density at radius 1 is 1.09 bits per heavy atom. The van der Waals surface area contributed by atoms with Gasteiger partial charge in [0.05, 0.1) is 17.4 Å². The molecule has 2 amide bonds. The minimum absolute atomic E-state index is 0.0351. The Morgan fingerprint density at radius 3 is 2.39 bits per heavy atom. The van der Waals surface area contributed by atoms with Gasteiger partial charge in [-0.2, -0.15) is 13.2 Å². The fraction of sp³-hybridized carbons (Fsp3) is 0.348. The summed E-state index contributed by atoms with van der Waals surface area (Å²) in [6, 6.07) is 16.7. The maximum atomic E-state index is 12.4. The van der Waals surface area contributed by atoms with Crippen LogP contribution in [0.4, 0.5) is 18.0 Å². The predicted molar refractivity (Wildman–Crippen MR) is 116 cm³/mol. The number of hydrogen-bond donors (Lipinski definition) is 3. The molecule has 0 spiro atoms. The van der Waals surface area contributed by atoms with E-state index in [1.165, 1.54) is 5.56 Å². The summed E-state index contributed by atoms with van der Waals surface area (Å²) in [6.07, 6.45) is -0.141. The summed E-state index contributed by atoms with van der Waals surface area (Å²) in [5.74, 6) is -2.09. The lowest BCUT2D eigenvalue weighted by Crippen LogP contribution is -2.44. The Morgan fingerprint density at radius 2 is 1.76 bits per heavy atom. The summed E-state index contributed by atoms with van der Waals surface area (Å²) in [4.78, 5) is 30.6. The topological polar surface area (TPSA) is 98.3 Å². The van der Waals surface area contributed by atoms with E-state index in [9.17, 15) is 18.0 Å². The van der Waals surface area contributed by atoms with E-state index < -0.39 is 12.1 Å². The molecule has 0 radical (unpaired) electrons. The van der Waals surface area contributed by atoms with E-state index in [0.29, 0.717) is 12.5 Å². The van der Waals surface area contributed by atoms with Crippen molar-refractivity contribution in [3.63, 3.8) is 0 Å². The van der Waals surface area contributed by atoms with Crippen molar-refractivity contribution in [2.45, 2.75) is 32.0 Å². The third-order valence-electron chi connectivity index (χ3n) is 5.44. The summed E-state index contributed by atoms with van der Waals surface area (Å²) in [5, 5.41) is 10.2. The number of aliphatic carboxylic acids is 1. The number of H-pyrrole nitrogens is 1. The van der Waals surface area contributed by atoms with Crippen LogP contribution in [-0.2, 0) is 17.8 Å². The van der Waals surface area contributed by atoms with Gasteiger partial charge in [0, 0.05) is 19.6 Å². The Labute approximate surface area is 188 Å². The number of hydrogen-bond acceptors (Lipinski definition) is 3. The number of carboxylic acids is 1. The van der Waals surface area contributed by atoms with E-state index in [0.717, 1.165) is 48.9 Å². The molecule has 0 aliphatic carbocycles. The van der Waals surface area contributed by atoms with Crippen LogP contribution in [0.2, 0.25) is 0 Å². The molecule has 1 fully saturated rings. The van der Waals surface area contributed by atoms with Gasteiger partial charge in [-0.3, -0.25) is 0 Å². The third-order valence-corrected chi connectivity index (χ3v) is 5.44. The number of piperidine rings is 1. The summed E-state index contributed by atoms with van der Waals surface area (Å²) in [6.45, 7) is 2.21. The van der Waals surface area contributed by atoms with E-state index >= 15 is 0 Å². The number of urea groups is 1. The average molecular weight is 462 g/mol. The molecule has 0 atom stereocenters. The van der Waals surface area contributed by atoms with Crippen LogP contribution >= 0.6 is 0 Å². The smallest absolute Gasteiger partial charge is 0.475 e. The van der Waals surface area contributed by atoms with Gasteiger partial charge in [-0.1, -0.05) is 36.4 Å². The number of nitrogens with zero attached hydrogens (tertiary/aromatic N) is 2. The largest absolute Gasteiger partial charge is 0.490 e. The first-order valence-electron chi connectivity index (χ1n) is 10.5. The zero-order chi connectivity index (χ0) is 23.8. The highest BCUT2D eigenvalue weighted by Crippen LogP contribution is 2.22. The molecule has 2 heterocycles. The SMILES string of the molecule is O=C(NCc1ccc2nc[nH]c2c1)N1CCC(Cc2ccccc2)CC1.O=C(O)C(F)(F)F. The molecule has 3 aromatic rings. The lowest BCUT2D eigenvalue weighted by Gasteiger charge is -2.32. The molecule has 1 aromatic heterocycles. The number of imidazole rings is 1. The van der Waals surface area contributed by atoms with Crippen LogP contribution in [0.5, 0.6) is 0 Å². The third kappa shape index (κ3) is 7.23. The highest BCUT2D eigenvalue weighted by molar-refractivity contribution is 5.76. The minimum atomic E-state index is -5.08. The Bertz CT molecular complexity index is 1060. The summed E-state index contributed by atoms with van der Waals surface area (Å²) in [5.41, 5.74) is 4.41. The van der Waals surface area contributed by atoms with Crippen LogP contribution < -0.4 is 5.32 Å². The molecule has 1 aliphatic heterocycles. The Hall–Kier alpha value is -3.56. The van der Waals surface area contributed by atoms with Crippen molar-refractivity contribution in [2.24, 2.45) is 5.92 Å². The van der Waals surface area contributed by atoms with Gasteiger partial charge in [-0.15, -0.1) is 0 Å². The maximum absolute atomic E-state index is 12.4. The van der Waals surface area contributed by atoms with Crippen molar-refractivity contribution in [3.8, 4) is 0 Å². The van der Waals surface area contributed by atoms with Crippen molar-refractivity contribution < 1.29 is 27.9 Å². The monoisotopic (exact) mass is 462 g/mol. The molecular weight excluding hydrogens is 437 g/mol. The summed E-state index contributed by atoms with van der Waals surface area (Å²) < 4.78 is 31.7. The van der Waals surface area contributed by atoms with E-state index in [1.54, 1.807) is 6.33 Å². The summed E-state index contributed by atoms with van der Waals surface area (Å²) >= 11 is 0. The Kier molecular flexibility index (Phi) is 7.92. The number of amides is 2. The number of halogens is 3. The molecule has 4 rings (SSSR count). The van der Waals surface area contributed by atoms with Crippen molar-refractivity contribution in [1.29, 1.82) is 0 Å². The van der Waals surface area contributed by atoms with Gasteiger partial charge in [0.25, 0.3) is 0 Å². The molecule has 33 heavy (non-hydrogen) atoms. The van der Waals surface area contributed by atoms with E-state index in [-0.39, 0.29) is 6.03 Å². The molecule has 10 heteroatoms. The number of carboxylic acid groups (broad SMARTS) is 1. The van der Waals surface area contributed by atoms with Gasteiger partial charge in [0.1, 0.15) is 0 Å². The molecule has 0 saturated carbocycles. The quantitative estimate of drug-likeness (QED) is 0.537. The zero-order valence-corrected chi connectivity index (χ0v) is 17.8. The fourth-order valence-electron chi connectivity index (χ4n) is 3.67. The van der Waals surface area contributed by atoms with Crippen LogP contribution in [0.1, 0.15) is 24.0 Å². The second-order valence-corrected chi connectivity index (χ2v) is 7.84. The molecule has 1 aliphatic rings. The number of carbonyl (C=O) groups excluding carboxylic acids is 1. The van der Waals surface area contributed by atoms with Crippen molar-refractivity contribution in [1.82, 2.24) is 20.2 Å².